The highest BCUT2D eigenvalue weighted by atomic mass is 32.2. The minimum absolute atomic E-state index is 0.303. The molecular formula is C8H17NO2S. The predicted molar refractivity (Wildman–Crippen MR) is 49.7 cm³/mol. The number of rotatable bonds is 1. The Hall–Kier alpha value is -0.0900. The summed E-state index contributed by atoms with van der Waals surface area (Å²) in [5, 5.41) is 0. The standard InChI is InChI=1S/C8H17NO2S/c1-7(2)9-5-6-12(10,11)8(9,3)4/h7H,5-6H2,1-4H3. The largest absolute Gasteiger partial charge is 0.282 e. The molecule has 0 N–H and O–H groups in total. The number of sulfone groups is 1. The van der Waals surface area contributed by atoms with Gasteiger partial charge in [0.05, 0.1) is 5.75 Å². The van der Waals surface area contributed by atoms with E-state index in [1.165, 1.54) is 0 Å². The van der Waals surface area contributed by atoms with Gasteiger partial charge in [0, 0.05) is 12.6 Å². The van der Waals surface area contributed by atoms with Crippen LogP contribution < -0.4 is 0 Å². The highest BCUT2D eigenvalue weighted by molar-refractivity contribution is 7.92. The highest BCUT2D eigenvalue weighted by Gasteiger charge is 2.46. The molecule has 1 rings (SSSR count). The highest BCUT2D eigenvalue weighted by Crippen LogP contribution is 2.30. The molecule has 0 amide bonds. The van der Waals surface area contributed by atoms with E-state index >= 15 is 0 Å². The summed E-state index contributed by atoms with van der Waals surface area (Å²) < 4.78 is 23.1. The summed E-state index contributed by atoms with van der Waals surface area (Å²) in [4.78, 5) is 1.36. The second-order valence-electron chi connectivity index (χ2n) is 4.05. The molecule has 0 aromatic rings. The molecule has 0 spiro atoms. The van der Waals surface area contributed by atoms with Crippen molar-refractivity contribution >= 4 is 9.84 Å². The first-order valence-electron chi connectivity index (χ1n) is 4.28. The topological polar surface area (TPSA) is 37.4 Å². The Balaban J connectivity index is 3.01. The van der Waals surface area contributed by atoms with Gasteiger partial charge in [-0.3, -0.25) is 4.90 Å². The number of hydrogen-bond acceptors (Lipinski definition) is 3. The third kappa shape index (κ3) is 1.27. The van der Waals surface area contributed by atoms with Gasteiger partial charge in [-0.15, -0.1) is 0 Å². The van der Waals surface area contributed by atoms with E-state index in [1.54, 1.807) is 13.8 Å². The van der Waals surface area contributed by atoms with Crippen molar-refractivity contribution in [2.75, 3.05) is 12.3 Å². The molecular weight excluding hydrogens is 174 g/mol. The van der Waals surface area contributed by atoms with Gasteiger partial charge in [0.25, 0.3) is 0 Å². The van der Waals surface area contributed by atoms with Crippen molar-refractivity contribution in [2.24, 2.45) is 0 Å². The Labute approximate surface area is 74.7 Å². The van der Waals surface area contributed by atoms with E-state index in [4.69, 9.17) is 0 Å². The average Bonchev–Trinajstić information content (AvgIpc) is 2.03. The Kier molecular flexibility index (Phi) is 2.25. The van der Waals surface area contributed by atoms with Gasteiger partial charge in [0.1, 0.15) is 4.87 Å². The molecule has 0 radical (unpaired) electrons. The Bertz CT molecular complexity index is 267. The maximum absolute atomic E-state index is 11.6. The summed E-state index contributed by atoms with van der Waals surface area (Å²) in [6.45, 7) is 8.31. The van der Waals surface area contributed by atoms with Gasteiger partial charge in [-0.25, -0.2) is 8.42 Å². The lowest BCUT2D eigenvalue weighted by Gasteiger charge is -2.32. The van der Waals surface area contributed by atoms with Crippen LogP contribution in [0.15, 0.2) is 0 Å². The smallest absolute Gasteiger partial charge is 0.169 e. The predicted octanol–water partition coefficient (Wildman–Crippen LogP) is 0.861. The summed E-state index contributed by atoms with van der Waals surface area (Å²) >= 11 is 0. The normalized spacial score (nSPS) is 28.1. The van der Waals surface area contributed by atoms with E-state index in [0.717, 1.165) is 0 Å². The van der Waals surface area contributed by atoms with Gasteiger partial charge in [0.15, 0.2) is 9.84 Å². The lowest BCUT2D eigenvalue weighted by Crippen LogP contribution is -2.46. The molecule has 0 atom stereocenters. The minimum Gasteiger partial charge on any atom is -0.282 e. The van der Waals surface area contributed by atoms with E-state index < -0.39 is 14.7 Å². The van der Waals surface area contributed by atoms with Crippen molar-refractivity contribution in [1.82, 2.24) is 4.90 Å². The minimum atomic E-state index is -2.89. The SMILES string of the molecule is CC(C)N1CCS(=O)(=O)C1(C)C. The van der Waals surface area contributed by atoms with Crippen LogP contribution in [0.4, 0.5) is 0 Å². The zero-order valence-corrected chi connectivity index (χ0v) is 8.98. The van der Waals surface area contributed by atoms with Crippen LogP contribution in [0.1, 0.15) is 27.7 Å². The van der Waals surface area contributed by atoms with Gasteiger partial charge < -0.3 is 0 Å². The van der Waals surface area contributed by atoms with Gasteiger partial charge in [-0.05, 0) is 27.7 Å². The van der Waals surface area contributed by atoms with Gasteiger partial charge in [-0.2, -0.15) is 0 Å². The molecule has 1 fully saturated rings. The van der Waals surface area contributed by atoms with Gasteiger partial charge in [0.2, 0.25) is 0 Å². The van der Waals surface area contributed by atoms with Gasteiger partial charge in [-0.1, -0.05) is 0 Å². The van der Waals surface area contributed by atoms with Crippen LogP contribution in [0.2, 0.25) is 0 Å². The fourth-order valence-electron chi connectivity index (χ4n) is 1.80. The van der Waals surface area contributed by atoms with Crippen molar-refractivity contribution in [3.8, 4) is 0 Å². The second kappa shape index (κ2) is 2.70. The second-order valence-corrected chi connectivity index (χ2v) is 6.69. The van der Waals surface area contributed by atoms with Crippen molar-refractivity contribution < 1.29 is 8.42 Å². The first-order chi connectivity index (χ1) is 5.29. The van der Waals surface area contributed by atoms with Gasteiger partial charge >= 0.3 is 0 Å². The maximum Gasteiger partial charge on any atom is 0.169 e. The van der Waals surface area contributed by atoms with Crippen molar-refractivity contribution in [1.29, 1.82) is 0 Å². The first-order valence-corrected chi connectivity index (χ1v) is 5.93. The van der Waals surface area contributed by atoms with Crippen LogP contribution in [0.3, 0.4) is 0 Å². The molecule has 0 aromatic carbocycles. The number of nitrogens with zero attached hydrogens (tertiary/aromatic N) is 1. The summed E-state index contributed by atoms with van der Waals surface area (Å²) in [6.07, 6.45) is 0. The van der Waals surface area contributed by atoms with Crippen LogP contribution in [0.5, 0.6) is 0 Å². The summed E-state index contributed by atoms with van der Waals surface area (Å²) in [5.74, 6) is 0.304. The zero-order chi connectivity index (χ0) is 9.57. The molecule has 0 aromatic heterocycles. The molecule has 0 bridgehead atoms. The molecule has 4 heteroatoms. The molecule has 1 heterocycles. The molecule has 1 aliphatic heterocycles. The van der Waals surface area contributed by atoms with Crippen LogP contribution in [-0.4, -0.2) is 36.5 Å². The lowest BCUT2D eigenvalue weighted by molar-refractivity contribution is 0.172. The van der Waals surface area contributed by atoms with Crippen molar-refractivity contribution in [3.63, 3.8) is 0 Å². The fraction of sp³-hybridized carbons (Fsp3) is 1.00. The molecule has 0 unspecified atom stereocenters. The van der Waals surface area contributed by atoms with Crippen molar-refractivity contribution in [3.05, 3.63) is 0 Å². The Morgan fingerprint density at radius 2 is 1.83 bits per heavy atom. The summed E-state index contributed by atoms with van der Waals surface area (Å²) in [7, 11) is -2.89. The molecule has 3 nitrogen and oxygen atoms in total. The molecule has 0 aliphatic carbocycles. The lowest BCUT2D eigenvalue weighted by atomic mass is 10.2. The van der Waals surface area contributed by atoms with Crippen LogP contribution >= 0.6 is 0 Å². The molecule has 12 heavy (non-hydrogen) atoms. The quantitative estimate of drug-likeness (QED) is 0.617. The van der Waals surface area contributed by atoms with E-state index in [-0.39, 0.29) is 0 Å². The first kappa shape index (κ1) is 9.99. The third-order valence-electron chi connectivity index (χ3n) is 2.68. The molecule has 72 valence electrons. The van der Waals surface area contributed by atoms with Crippen LogP contribution in [0, 0.1) is 0 Å². The zero-order valence-electron chi connectivity index (χ0n) is 8.16. The molecule has 0 saturated carbocycles. The van der Waals surface area contributed by atoms with Crippen LogP contribution in [-0.2, 0) is 9.84 Å². The monoisotopic (exact) mass is 191 g/mol. The maximum atomic E-state index is 11.6. The summed E-state index contributed by atoms with van der Waals surface area (Å²) in [6, 6.07) is 0.303. The van der Waals surface area contributed by atoms with Crippen molar-refractivity contribution in [2.45, 2.75) is 38.6 Å². The Morgan fingerprint density at radius 1 is 1.33 bits per heavy atom. The molecule has 1 aliphatic rings. The third-order valence-corrected chi connectivity index (χ3v) is 5.15. The summed E-state index contributed by atoms with van der Waals surface area (Å²) in [5.41, 5.74) is 0. The van der Waals surface area contributed by atoms with Crippen LogP contribution in [0.25, 0.3) is 0 Å². The van der Waals surface area contributed by atoms with E-state index in [0.29, 0.717) is 18.3 Å². The molecule has 1 saturated heterocycles. The fourth-order valence-corrected chi connectivity index (χ4v) is 3.39. The number of hydrogen-bond donors (Lipinski definition) is 0. The Morgan fingerprint density at radius 3 is 2.00 bits per heavy atom. The van der Waals surface area contributed by atoms with E-state index in [2.05, 4.69) is 0 Å². The van der Waals surface area contributed by atoms with E-state index in [1.807, 2.05) is 18.7 Å². The average molecular weight is 191 g/mol. The van der Waals surface area contributed by atoms with E-state index in [9.17, 15) is 8.42 Å².